The lowest BCUT2D eigenvalue weighted by Gasteiger charge is -2.32. The van der Waals surface area contributed by atoms with Crippen molar-refractivity contribution < 1.29 is 0 Å². The maximum absolute atomic E-state index is 5.69. The van der Waals surface area contributed by atoms with Crippen molar-refractivity contribution in [2.24, 2.45) is 5.92 Å². The minimum absolute atomic E-state index is 0.761. The summed E-state index contributed by atoms with van der Waals surface area (Å²) in [6.45, 7) is 6.82. The first kappa shape index (κ1) is 12.4. The van der Waals surface area contributed by atoms with Crippen molar-refractivity contribution in [3.63, 3.8) is 0 Å². The van der Waals surface area contributed by atoms with Gasteiger partial charge in [0.25, 0.3) is 0 Å². The Balaban J connectivity index is 1.61. The van der Waals surface area contributed by atoms with E-state index in [-0.39, 0.29) is 0 Å². The highest BCUT2D eigenvalue weighted by atomic mass is 35.5. The van der Waals surface area contributed by atoms with E-state index in [1.165, 1.54) is 50.9 Å². The standard InChI is InChI=1S/C13H23ClN2/c1-11(8-14)10-16-6-4-13(5-7-16)15-9-12-2-3-12/h8,12-13,15H,2-7,9-10H2,1H3. The predicted octanol–water partition coefficient (Wildman–Crippen LogP) is 2.59. The second-order valence-corrected chi connectivity index (χ2v) is 5.58. The van der Waals surface area contributed by atoms with Crippen molar-refractivity contribution in [2.45, 2.75) is 38.6 Å². The summed E-state index contributed by atoms with van der Waals surface area (Å²) in [4.78, 5) is 2.50. The Morgan fingerprint density at radius 2 is 2.00 bits per heavy atom. The minimum atomic E-state index is 0.761. The molecule has 0 aromatic rings. The summed E-state index contributed by atoms with van der Waals surface area (Å²) in [5.74, 6) is 0.999. The van der Waals surface area contributed by atoms with Gasteiger partial charge in [-0.25, -0.2) is 0 Å². The van der Waals surface area contributed by atoms with Gasteiger partial charge in [0.15, 0.2) is 0 Å². The van der Waals surface area contributed by atoms with Crippen LogP contribution in [0.3, 0.4) is 0 Å². The van der Waals surface area contributed by atoms with Crippen LogP contribution < -0.4 is 5.32 Å². The molecule has 1 saturated heterocycles. The van der Waals surface area contributed by atoms with Gasteiger partial charge >= 0.3 is 0 Å². The lowest BCUT2D eigenvalue weighted by atomic mass is 10.0. The van der Waals surface area contributed by atoms with Crippen LogP contribution in [0.1, 0.15) is 32.6 Å². The third-order valence-electron chi connectivity index (χ3n) is 3.64. The molecule has 2 aliphatic rings. The summed E-state index contributed by atoms with van der Waals surface area (Å²) in [5.41, 5.74) is 2.98. The van der Waals surface area contributed by atoms with Crippen LogP contribution in [0, 0.1) is 5.92 Å². The third kappa shape index (κ3) is 4.08. The predicted molar refractivity (Wildman–Crippen MR) is 69.8 cm³/mol. The Morgan fingerprint density at radius 3 is 2.56 bits per heavy atom. The number of rotatable bonds is 5. The molecular formula is C13H23ClN2. The smallest absolute Gasteiger partial charge is 0.0201 e. The number of hydrogen-bond acceptors (Lipinski definition) is 2. The molecule has 0 bridgehead atoms. The Hall–Kier alpha value is -0.0500. The number of piperidine rings is 1. The fourth-order valence-electron chi connectivity index (χ4n) is 2.34. The van der Waals surface area contributed by atoms with Crippen LogP contribution in [0.15, 0.2) is 11.1 Å². The molecule has 0 aromatic carbocycles. The van der Waals surface area contributed by atoms with Crippen LogP contribution >= 0.6 is 11.6 Å². The van der Waals surface area contributed by atoms with Crippen molar-refractivity contribution in [1.82, 2.24) is 10.2 Å². The van der Waals surface area contributed by atoms with Crippen LogP contribution in [0.25, 0.3) is 0 Å². The van der Waals surface area contributed by atoms with Gasteiger partial charge in [0.1, 0.15) is 0 Å². The normalized spacial score (nSPS) is 25.0. The van der Waals surface area contributed by atoms with E-state index in [0.717, 1.165) is 18.5 Å². The molecule has 2 nitrogen and oxygen atoms in total. The van der Waals surface area contributed by atoms with Gasteiger partial charge in [-0.2, -0.15) is 0 Å². The molecule has 92 valence electrons. The van der Waals surface area contributed by atoms with Gasteiger partial charge in [0.2, 0.25) is 0 Å². The largest absolute Gasteiger partial charge is 0.314 e. The molecular weight excluding hydrogens is 220 g/mol. The fourth-order valence-corrected chi connectivity index (χ4v) is 2.41. The molecule has 1 N–H and O–H groups in total. The number of likely N-dealkylation sites (tertiary alicyclic amines) is 1. The van der Waals surface area contributed by atoms with E-state index in [1.807, 2.05) is 0 Å². The Labute approximate surface area is 104 Å². The SMILES string of the molecule is CC(=CCl)CN1CCC(NCC2CC2)CC1. The maximum Gasteiger partial charge on any atom is 0.0201 e. The zero-order chi connectivity index (χ0) is 11.4. The van der Waals surface area contributed by atoms with Crippen molar-refractivity contribution in [2.75, 3.05) is 26.2 Å². The van der Waals surface area contributed by atoms with Crippen LogP contribution in [-0.4, -0.2) is 37.1 Å². The fraction of sp³-hybridized carbons (Fsp3) is 0.846. The van der Waals surface area contributed by atoms with Crippen molar-refractivity contribution in [3.05, 3.63) is 11.1 Å². The van der Waals surface area contributed by atoms with E-state index < -0.39 is 0 Å². The summed E-state index contributed by atoms with van der Waals surface area (Å²) >= 11 is 5.69. The van der Waals surface area contributed by atoms with Gasteiger partial charge in [-0.05, 0) is 63.7 Å². The molecule has 2 rings (SSSR count). The Bertz CT molecular complexity index is 240. The minimum Gasteiger partial charge on any atom is -0.314 e. The second kappa shape index (κ2) is 6.04. The molecule has 1 aliphatic heterocycles. The van der Waals surface area contributed by atoms with Crippen LogP contribution in [-0.2, 0) is 0 Å². The highest BCUT2D eigenvalue weighted by molar-refractivity contribution is 6.25. The van der Waals surface area contributed by atoms with Gasteiger partial charge in [0, 0.05) is 18.1 Å². The summed E-state index contributed by atoms with van der Waals surface area (Å²) < 4.78 is 0. The lowest BCUT2D eigenvalue weighted by molar-refractivity contribution is 0.211. The quantitative estimate of drug-likeness (QED) is 0.797. The van der Waals surface area contributed by atoms with Gasteiger partial charge in [-0.1, -0.05) is 11.6 Å². The van der Waals surface area contributed by atoms with E-state index in [4.69, 9.17) is 11.6 Å². The van der Waals surface area contributed by atoms with Crippen molar-refractivity contribution in [1.29, 1.82) is 0 Å². The molecule has 0 unspecified atom stereocenters. The average Bonchev–Trinajstić information content (AvgIpc) is 3.12. The first-order chi connectivity index (χ1) is 7.78. The molecule has 0 radical (unpaired) electrons. The van der Waals surface area contributed by atoms with E-state index in [9.17, 15) is 0 Å². The molecule has 16 heavy (non-hydrogen) atoms. The first-order valence-corrected chi connectivity index (χ1v) is 6.93. The monoisotopic (exact) mass is 242 g/mol. The second-order valence-electron chi connectivity index (χ2n) is 5.36. The van der Waals surface area contributed by atoms with E-state index >= 15 is 0 Å². The lowest BCUT2D eigenvalue weighted by Crippen LogP contribution is -2.43. The topological polar surface area (TPSA) is 15.3 Å². The zero-order valence-electron chi connectivity index (χ0n) is 10.2. The zero-order valence-corrected chi connectivity index (χ0v) is 11.0. The molecule has 0 aromatic heterocycles. The number of nitrogens with one attached hydrogen (secondary N) is 1. The highest BCUT2D eigenvalue weighted by Gasteiger charge is 2.24. The van der Waals surface area contributed by atoms with Crippen LogP contribution in [0.4, 0.5) is 0 Å². The van der Waals surface area contributed by atoms with E-state index in [1.54, 1.807) is 5.54 Å². The van der Waals surface area contributed by atoms with Gasteiger partial charge in [0.05, 0.1) is 0 Å². The van der Waals surface area contributed by atoms with Crippen LogP contribution in [0.2, 0.25) is 0 Å². The summed E-state index contributed by atoms with van der Waals surface area (Å²) in [7, 11) is 0. The number of hydrogen-bond donors (Lipinski definition) is 1. The summed E-state index contributed by atoms with van der Waals surface area (Å²) in [6, 6.07) is 0.761. The third-order valence-corrected chi connectivity index (χ3v) is 4.01. The van der Waals surface area contributed by atoms with E-state index in [2.05, 4.69) is 17.1 Å². The van der Waals surface area contributed by atoms with Crippen LogP contribution in [0.5, 0.6) is 0 Å². The highest BCUT2D eigenvalue weighted by Crippen LogP contribution is 2.28. The molecule has 0 atom stereocenters. The average molecular weight is 243 g/mol. The molecule has 1 saturated carbocycles. The summed E-state index contributed by atoms with van der Waals surface area (Å²) in [5, 5.41) is 3.70. The number of halogens is 1. The summed E-state index contributed by atoms with van der Waals surface area (Å²) in [6.07, 6.45) is 5.49. The molecule has 0 spiro atoms. The first-order valence-electron chi connectivity index (χ1n) is 6.49. The Morgan fingerprint density at radius 1 is 1.31 bits per heavy atom. The molecule has 2 fully saturated rings. The molecule has 1 aliphatic carbocycles. The number of nitrogens with zero attached hydrogens (tertiary/aromatic N) is 1. The van der Waals surface area contributed by atoms with Crippen molar-refractivity contribution in [3.8, 4) is 0 Å². The Kier molecular flexibility index (Phi) is 4.68. The molecule has 3 heteroatoms. The molecule has 1 heterocycles. The maximum atomic E-state index is 5.69. The van der Waals surface area contributed by atoms with Gasteiger partial charge in [-0.15, -0.1) is 0 Å². The molecule has 0 amide bonds. The van der Waals surface area contributed by atoms with Gasteiger partial charge in [-0.3, -0.25) is 4.90 Å². The van der Waals surface area contributed by atoms with Crippen molar-refractivity contribution >= 4 is 11.6 Å². The van der Waals surface area contributed by atoms with Gasteiger partial charge < -0.3 is 5.32 Å². The van der Waals surface area contributed by atoms with E-state index in [0.29, 0.717) is 0 Å².